The number of carbonyl (C=O) groups is 2. The van der Waals surface area contributed by atoms with E-state index in [1.54, 1.807) is 0 Å². The molecule has 1 aliphatic rings. The smallest absolute Gasteiger partial charge is 0.336 e. The van der Waals surface area contributed by atoms with Crippen LogP contribution in [0.25, 0.3) is 0 Å². The molecule has 1 aromatic carbocycles. The summed E-state index contributed by atoms with van der Waals surface area (Å²) >= 11 is 3.34. The molecule has 6 nitrogen and oxygen atoms in total. The van der Waals surface area contributed by atoms with E-state index in [2.05, 4.69) is 26.0 Å². The number of nitrogens with zero attached hydrogens (tertiary/aromatic N) is 1. The second kappa shape index (κ2) is 7.53. The monoisotopic (exact) mass is 356 g/mol. The van der Waals surface area contributed by atoms with Crippen LogP contribution in [0.5, 0.6) is 0 Å². The van der Waals surface area contributed by atoms with E-state index < -0.39 is 12.1 Å². The highest BCUT2D eigenvalue weighted by molar-refractivity contribution is 9.10. The van der Waals surface area contributed by atoms with Crippen molar-refractivity contribution in [1.82, 2.24) is 4.90 Å². The fourth-order valence-electron chi connectivity index (χ4n) is 2.06. The van der Waals surface area contributed by atoms with Crippen molar-refractivity contribution in [2.24, 2.45) is 0 Å². The molecule has 0 aromatic heterocycles. The van der Waals surface area contributed by atoms with Gasteiger partial charge in [-0.1, -0.05) is 15.9 Å². The number of carbonyl (C=O) groups excluding carboxylic acids is 2. The van der Waals surface area contributed by atoms with Crippen LogP contribution in [-0.4, -0.2) is 56.2 Å². The zero-order valence-corrected chi connectivity index (χ0v) is 13.3. The number of esters is 1. The number of amides is 1. The number of morpholine rings is 1. The van der Waals surface area contributed by atoms with Crippen molar-refractivity contribution in [1.29, 1.82) is 0 Å². The van der Waals surface area contributed by atoms with Gasteiger partial charge in [-0.05, 0) is 24.3 Å². The maximum Gasteiger partial charge on any atom is 0.336 e. The first kappa shape index (κ1) is 15.9. The van der Waals surface area contributed by atoms with Gasteiger partial charge in [-0.25, -0.2) is 4.79 Å². The molecule has 2 rings (SSSR count). The predicted octanol–water partition coefficient (Wildman–Crippen LogP) is 1.26. The van der Waals surface area contributed by atoms with Crippen LogP contribution in [0, 0.1) is 0 Å². The molecule has 0 aliphatic carbocycles. The van der Waals surface area contributed by atoms with Crippen LogP contribution in [0.2, 0.25) is 0 Å². The van der Waals surface area contributed by atoms with E-state index in [1.807, 2.05) is 29.2 Å². The number of ether oxygens (including phenoxy) is 2. The minimum atomic E-state index is -0.621. The average molecular weight is 357 g/mol. The first-order chi connectivity index (χ1) is 10.1. The van der Waals surface area contributed by atoms with Crippen molar-refractivity contribution in [3.8, 4) is 0 Å². The summed E-state index contributed by atoms with van der Waals surface area (Å²) in [5, 5.41) is 2.82. The predicted molar refractivity (Wildman–Crippen MR) is 81.0 cm³/mol. The van der Waals surface area contributed by atoms with E-state index in [1.165, 1.54) is 7.11 Å². The fraction of sp³-hybridized carbons (Fsp3) is 0.429. The van der Waals surface area contributed by atoms with E-state index in [9.17, 15) is 9.59 Å². The minimum absolute atomic E-state index is 0.122. The first-order valence-corrected chi connectivity index (χ1v) is 7.35. The Morgan fingerprint density at radius 1 is 1.43 bits per heavy atom. The molecule has 21 heavy (non-hydrogen) atoms. The Morgan fingerprint density at radius 3 is 2.81 bits per heavy atom. The lowest BCUT2D eigenvalue weighted by Crippen LogP contribution is -2.48. The third-order valence-electron chi connectivity index (χ3n) is 3.11. The average Bonchev–Trinajstić information content (AvgIpc) is 2.49. The third kappa shape index (κ3) is 4.80. The number of hydrogen-bond acceptors (Lipinski definition) is 5. The standard InChI is InChI=1S/C14H17BrN2O4/c1-20-14(19)12-8-17(6-7-21-12)9-13(18)16-11-4-2-10(15)3-5-11/h2-5,12H,6-9H2,1H3,(H,16,18). The van der Waals surface area contributed by atoms with Gasteiger partial charge in [0.1, 0.15) is 0 Å². The van der Waals surface area contributed by atoms with Crippen molar-refractivity contribution < 1.29 is 19.1 Å². The van der Waals surface area contributed by atoms with Gasteiger partial charge in [-0.2, -0.15) is 0 Å². The SMILES string of the molecule is COC(=O)C1CN(CC(=O)Nc2ccc(Br)cc2)CCO1. The summed E-state index contributed by atoms with van der Waals surface area (Å²) in [6.45, 7) is 1.60. The number of anilines is 1. The largest absolute Gasteiger partial charge is 0.467 e. The highest BCUT2D eigenvalue weighted by Gasteiger charge is 2.28. The molecule has 1 saturated heterocycles. The summed E-state index contributed by atoms with van der Waals surface area (Å²) in [5.41, 5.74) is 0.737. The van der Waals surface area contributed by atoms with Crippen molar-refractivity contribution >= 4 is 33.5 Å². The van der Waals surface area contributed by atoms with Crippen molar-refractivity contribution in [2.45, 2.75) is 6.10 Å². The van der Waals surface area contributed by atoms with Crippen LogP contribution in [0.3, 0.4) is 0 Å². The number of rotatable bonds is 4. The number of halogens is 1. The van der Waals surface area contributed by atoms with Gasteiger partial charge in [0.15, 0.2) is 6.10 Å². The highest BCUT2D eigenvalue weighted by Crippen LogP contribution is 2.14. The lowest BCUT2D eigenvalue weighted by molar-refractivity contribution is -0.160. The van der Waals surface area contributed by atoms with Gasteiger partial charge >= 0.3 is 5.97 Å². The first-order valence-electron chi connectivity index (χ1n) is 6.55. The molecule has 1 N–H and O–H groups in total. The Balaban J connectivity index is 1.84. The van der Waals surface area contributed by atoms with Gasteiger partial charge in [0, 0.05) is 23.2 Å². The molecule has 0 spiro atoms. The van der Waals surface area contributed by atoms with Gasteiger partial charge in [-0.15, -0.1) is 0 Å². The molecule has 114 valence electrons. The number of nitrogens with one attached hydrogen (secondary N) is 1. The quantitative estimate of drug-likeness (QED) is 0.822. The Kier molecular flexibility index (Phi) is 5.72. The molecule has 0 saturated carbocycles. The minimum Gasteiger partial charge on any atom is -0.467 e. The molecule has 0 bridgehead atoms. The van der Waals surface area contributed by atoms with Gasteiger partial charge in [0.2, 0.25) is 5.91 Å². The van der Waals surface area contributed by atoms with Crippen LogP contribution < -0.4 is 5.32 Å². The summed E-state index contributed by atoms with van der Waals surface area (Å²) < 4.78 is 10.9. The summed E-state index contributed by atoms with van der Waals surface area (Å²) in [6.07, 6.45) is -0.621. The summed E-state index contributed by atoms with van der Waals surface area (Å²) in [7, 11) is 1.32. The molecule has 1 atom stereocenters. The van der Waals surface area contributed by atoms with Crippen molar-refractivity contribution in [2.75, 3.05) is 38.7 Å². The van der Waals surface area contributed by atoms with E-state index in [-0.39, 0.29) is 12.5 Å². The highest BCUT2D eigenvalue weighted by atomic mass is 79.9. The second-order valence-electron chi connectivity index (χ2n) is 4.67. The number of hydrogen-bond donors (Lipinski definition) is 1. The van der Waals surface area contributed by atoms with E-state index in [0.717, 1.165) is 10.2 Å². The summed E-state index contributed by atoms with van der Waals surface area (Å²) in [4.78, 5) is 25.3. The zero-order valence-electron chi connectivity index (χ0n) is 11.7. The molecule has 1 unspecified atom stereocenters. The van der Waals surface area contributed by atoms with E-state index >= 15 is 0 Å². The van der Waals surface area contributed by atoms with Gasteiger partial charge in [0.25, 0.3) is 0 Å². The Morgan fingerprint density at radius 2 is 2.14 bits per heavy atom. The van der Waals surface area contributed by atoms with Crippen molar-refractivity contribution in [3.05, 3.63) is 28.7 Å². The lowest BCUT2D eigenvalue weighted by atomic mass is 10.2. The Hall–Kier alpha value is -1.44. The van der Waals surface area contributed by atoms with Gasteiger partial charge < -0.3 is 14.8 Å². The molecule has 0 radical (unpaired) electrons. The molecule has 1 aromatic rings. The van der Waals surface area contributed by atoms with Crippen molar-refractivity contribution in [3.63, 3.8) is 0 Å². The van der Waals surface area contributed by atoms with Crippen LogP contribution >= 0.6 is 15.9 Å². The zero-order chi connectivity index (χ0) is 15.2. The van der Waals surface area contributed by atoms with Gasteiger partial charge in [-0.3, -0.25) is 9.69 Å². The topological polar surface area (TPSA) is 67.9 Å². The lowest BCUT2D eigenvalue weighted by Gasteiger charge is -2.30. The van der Waals surface area contributed by atoms with E-state index in [0.29, 0.717) is 19.7 Å². The third-order valence-corrected chi connectivity index (χ3v) is 3.64. The fourth-order valence-corrected chi connectivity index (χ4v) is 2.32. The van der Waals surface area contributed by atoms with Crippen LogP contribution in [0.15, 0.2) is 28.7 Å². The van der Waals surface area contributed by atoms with Crippen LogP contribution in [0.4, 0.5) is 5.69 Å². The number of benzene rings is 1. The van der Waals surface area contributed by atoms with Crippen LogP contribution in [0.1, 0.15) is 0 Å². The molecular formula is C14H17BrN2O4. The maximum absolute atomic E-state index is 12.0. The molecule has 1 aliphatic heterocycles. The molecule has 1 amide bonds. The molecule has 7 heteroatoms. The summed E-state index contributed by atoms with van der Waals surface area (Å²) in [6, 6.07) is 7.35. The van der Waals surface area contributed by atoms with E-state index in [4.69, 9.17) is 4.74 Å². The normalized spacial score (nSPS) is 19.0. The molecule has 1 heterocycles. The maximum atomic E-state index is 12.0. The second-order valence-corrected chi connectivity index (χ2v) is 5.59. The van der Waals surface area contributed by atoms with Crippen LogP contribution in [-0.2, 0) is 19.1 Å². The summed E-state index contributed by atoms with van der Waals surface area (Å²) in [5.74, 6) is -0.532. The molecular weight excluding hydrogens is 340 g/mol. The Bertz CT molecular complexity index is 506. The molecule has 1 fully saturated rings. The number of methoxy groups -OCH3 is 1. The Labute approximate surface area is 131 Å². The van der Waals surface area contributed by atoms with Gasteiger partial charge in [0.05, 0.1) is 20.3 Å².